The third-order valence-corrected chi connectivity index (χ3v) is 6.33. The molecule has 2 fully saturated rings. The minimum absolute atomic E-state index is 0.112. The maximum absolute atomic E-state index is 13.0. The first-order valence-corrected chi connectivity index (χ1v) is 9.53. The van der Waals surface area contributed by atoms with Gasteiger partial charge < -0.3 is 10.2 Å². The number of carbonyl (C=O) groups excluding carboxylic acids is 1. The molecule has 2 saturated heterocycles. The van der Waals surface area contributed by atoms with Crippen molar-refractivity contribution in [2.24, 2.45) is 0 Å². The molecule has 116 valence electrons. The van der Waals surface area contributed by atoms with Crippen LogP contribution in [0.4, 0.5) is 0 Å². The zero-order valence-electron chi connectivity index (χ0n) is 12.5. The Morgan fingerprint density at radius 3 is 2.60 bits per heavy atom. The first kappa shape index (κ1) is 15.8. The van der Waals surface area contributed by atoms with Crippen LogP contribution in [0.3, 0.4) is 0 Å². The molecule has 2 unspecified atom stereocenters. The highest BCUT2D eigenvalue weighted by Crippen LogP contribution is 2.29. The van der Waals surface area contributed by atoms with Gasteiger partial charge in [0.15, 0.2) is 9.84 Å². The number of carbonyl (C=O) groups is 1. The number of hydrogen-bond donors (Lipinski definition) is 1. The standard InChI is InChI=1S/C14H26N2O3S/c1-3-7-14(8-5-9-15-14)13(17)16(4-2)12-6-10-20(18,19)11-12/h12,15H,3-11H2,1-2H3. The molecule has 1 amide bonds. The van der Waals surface area contributed by atoms with Crippen LogP contribution < -0.4 is 5.32 Å². The molecule has 5 nitrogen and oxygen atoms in total. The Kier molecular flexibility index (Phi) is 4.74. The predicted octanol–water partition coefficient (Wildman–Crippen LogP) is 0.944. The maximum atomic E-state index is 13.0. The Labute approximate surface area is 122 Å². The van der Waals surface area contributed by atoms with Crippen LogP contribution in [0.15, 0.2) is 0 Å². The van der Waals surface area contributed by atoms with E-state index in [0.29, 0.717) is 13.0 Å². The van der Waals surface area contributed by atoms with Crippen molar-refractivity contribution < 1.29 is 13.2 Å². The summed E-state index contributed by atoms with van der Waals surface area (Å²) in [6.45, 7) is 5.50. The maximum Gasteiger partial charge on any atom is 0.243 e. The van der Waals surface area contributed by atoms with Crippen molar-refractivity contribution in [1.29, 1.82) is 0 Å². The third-order valence-electron chi connectivity index (χ3n) is 4.58. The quantitative estimate of drug-likeness (QED) is 0.821. The Morgan fingerprint density at radius 1 is 1.40 bits per heavy atom. The fourth-order valence-corrected chi connectivity index (χ4v) is 5.33. The van der Waals surface area contributed by atoms with Gasteiger partial charge in [0.05, 0.1) is 17.0 Å². The Bertz CT molecular complexity index is 455. The van der Waals surface area contributed by atoms with Gasteiger partial charge in [-0.25, -0.2) is 8.42 Å². The Hall–Kier alpha value is -0.620. The Morgan fingerprint density at radius 2 is 2.15 bits per heavy atom. The van der Waals surface area contributed by atoms with Crippen molar-refractivity contribution in [3.63, 3.8) is 0 Å². The van der Waals surface area contributed by atoms with Crippen LogP contribution in [-0.2, 0) is 14.6 Å². The SMILES string of the molecule is CCCC1(C(=O)N(CC)C2CCS(=O)(=O)C2)CCCN1. The summed E-state index contributed by atoms with van der Waals surface area (Å²) in [5.41, 5.74) is -0.447. The van der Waals surface area contributed by atoms with E-state index in [1.165, 1.54) is 0 Å². The molecule has 0 spiro atoms. The van der Waals surface area contributed by atoms with Gasteiger partial charge in [0, 0.05) is 12.6 Å². The van der Waals surface area contributed by atoms with Crippen molar-refractivity contribution in [1.82, 2.24) is 10.2 Å². The summed E-state index contributed by atoms with van der Waals surface area (Å²) in [5.74, 6) is 0.464. The van der Waals surface area contributed by atoms with E-state index in [1.54, 1.807) is 4.90 Å². The monoisotopic (exact) mass is 302 g/mol. The van der Waals surface area contributed by atoms with Crippen LogP contribution >= 0.6 is 0 Å². The molecule has 0 aromatic carbocycles. The van der Waals surface area contributed by atoms with Gasteiger partial charge in [0.25, 0.3) is 0 Å². The topological polar surface area (TPSA) is 66.5 Å². The summed E-state index contributed by atoms with van der Waals surface area (Å²) in [7, 11) is -2.95. The molecular weight excluding hydrogens is 276 g/mol. The fourth-order valence-electron chi connectivity index (χ4n) is 3.60. The average Bonchev–Trinajstić information content (AvgIpc) is 2.99. The highest BCUT2D eigenvalue weighted by molar-refractivity contribution is 7.91. The van der Waals surface area contributed by atoms with Crippen LogP contribution in [0.25, 0.3) is 0 Å². The minimum atomic E-state index is -2.95. The van der Waals surface area contributed by atoms with Gasteiger partial charge in [-0.2, -0.15) is 0 Å². The molecule has 2 aliphatic rings. The lowest BCUT2D eigenvalue weighted by Gasteiger charge is -2.37. The second-order valence-corrected chi connectivity index (χ2v) is 8.24. The van der Waals surface area contributed by atoms with Gasteiger partial charge in [-0.3, -0.25) is 4.79 Å². The van der Waals surface area contributed by atoms with Crippen LogP contribution in [0.1, 0.15) is 46.0 Å². The van der Waals surface area contributed by atoms with Crippen LogP contribution in [0.2, 0.25) is 0 Å². The lowest BCUT2D eigenvalue weighted by Crippen LogP contribution is -2.57. The first-order valence-electron chi connectivity index (χ1n) is 7.70. The second-order valence-electron chi connectivity index (χ2n) is 6.01. The molecule has 2 atom stereocenters. The predicted molar refractivity (Wildman–Crippen MR) is 79.3 cm³/mol. The van der Waals surface area contributed by atoms with E-state index in [0.717, 1.165) is 32.2 Å². The van der Waals surface area contributed by atoms with Crippen LogP contribution in [0.5, 0.6) is 0 Å². The van der Waals surface area contributed by atoms with Gasteiger partial charge >= 0.3 is 0 Å². The summed E-state index contributed by atoms with van der Waals surface area (Å²) >= 11 is 0. The van der Waals surface area contributed by atoms with Gasteiger partial charge in [-0.15, -0.1) is 0 Å². The molecule has 2 heterocycles. The normalized spacial score (nSPS) is 32.4. The smallest absolute Gasteiger partial charge is 0.243 e. The molecule has 6 heteroatoms. The Balaban J connectivity index is 2.16. The average molecular weight is 302 g/mol. The number of nitrogens with one attached hydrogen (secondary N) is 1. The van der Waals surface area contributed by atoms with Crippen molar-refractivity contribution in [2.45, 2.75) is 57.5 Å². The second kappa shape index (κ2) is 6.02. The van der Waals surface area contributed by atoms with Gasteiger partial charge in [0.1, 0.15) is 0 Å². The van der Waals surface area contributed by atoms with Crippen LogP contribution in [-0.4, -0.2) is 55.4 Å². The molecule has 0 aromatic rings. The van der Waals surface area contributed by atoms with E-state index in [4.69, 9.17) is 0 Å². The van der Waals surface area contributed by atoms with Gasteiger partial charge in [-0.05, 0) is 39.2 Å². The van der Waals surface area contributed by atoms with Crippen molar-refractivity contribution in [3.8, 4) is 0 Å². The largest absolute Gasteiger partial charge is 0.337 e. The first-order chi connectivity index (χ1) is 9.44. The van der Waals surface area contributed by atoms with E-state index in [1.807, 2.05) is 6.92 Å². The lowest BCUT2D eigenvalue weighted by molar-refractivity contribution is -0.140. The van der Waals surface area contributed by atoms with E-state index < -0.39 is 15.4 Å². The van der Waals surface area contributed by atoms with Crippen LogP contribution in [0, 0.1) is 0 Å². The zero-order chi connectivity index (χ0) is 14.8. The summed E-state index contributed by atoms with van der Waals surface area (Å²) < 4.78 is 23.3. The molecule has 1 N–H and O–H groups in total. The fraction of sp³-hybridized carbons (Fsp3) is 0.929. The van der Waals surface area contributed by atoms with E-state index >= 15 is 0 Å². The number of amides is 1. The number of nitrogens with zero attached hydrogens (tertiary/aromatic N) is 1. The number of hydrogen-bond acceptors (Lipinski definition) is 4. The highest BCUT2D eigenvalue weighted by Gasteiger charge is 2.45. The summed E-state index contributed by atoms with van der Waals surface area (Å²) in [4.78, 5) is 14.8. The van der Waals surface area contributed by atoms with Gasteiger partial charge in [0.2, 0.25) is 5.91 Å². The lowest BCUT2D eigenvalue weighted by atomic mass is 9.89. The molecule has 20 heavy (non-hydrogen) atoms. The number of rotatable bonds is 5. The minimum Gasteiger partial charge on any atom is -0.337 e. The molecule has 0 saturated carbocycles. The number of likely N-dealkylation sites (N-methyl/N-ethyl adjacent to an activating group) is 1. The molecule has 0 aromatic heterocycles. The number of sulfone groups is 1. The molecule has 0 aliphatic carbocycles. The third kappa shape index (κ3) is 3.01. The summed E-state index contributed by atoms with van der Waals surface area (Å²) in [6.07, 6.45) is 4.27. The summed E-state index contributed by atoms with van der Waals surface area (Å²) in [6, 6.07) is -0.131. The molecule has 2 rings (SSSR count). The highest BCUT2D eigenvalue weighted by atomic mass is 32.2. The van der Waals surface area contributed by atoms with E-state index in [-0.39, 0.29) is 23.5 Å². The van der Waals surface area contributed by atoms with E-state index in [2.05, 4.69) is 12.2 Å². The molecule has 0 radical (unpaired) electrons. The van der Waals surface area contributed by atoms with E-state index in [9.17, 15) is 13.2 Å². The van der Waals surface area contributed by atoms with Gasteiger partial charge in [-0.1, -0.05) is 13.3 Å². The van der Waals surface area contributed by atoms with Crippen molar-refractivity contribution >= 4 is 15.7 Å². The molecule has 0 bridgehead atoms. The molecule has 2 aliphatic heterocycles. The zero-order valence-corrected chi connectivity index (χ0v) is 13.3. The van der Waals surface area contributed by atoms with Crippen molar-refractivity contribution in [3.05, 3.63) is 0 Å². The van der Waals surface area contributed by atoms with Crippen molar-refractivity contribution in [2.75, 3.05) is 24.6 Å². The molecular formula is C14H26N2O3S. The summed E-state index contributed by atoms with van der Waals surface area (Å²) in [5, 5.41) is 3.39.